The fraction of sp³-hybridized carbons (Fsp3) is 0.250. The van der Waals surface area contributed by atoms with Crippen molar-refractivity contribution in [1.82, 2.24) is 20.6 Å². The smallest absolute Gasteiger partial charge is 0.471 e. The Morgan fingerprint density at radius 2 is 1.81 bits per heavy atom. The summed E-state index contributed by atoms with van der Waals surface area (Å²) in [7, 11) is 0. The van der Waals surface area contributed by atoms with Crippen LogP contribution in [0.15, 0.2) is 63.6 Å². The van der Waals surface area contributed by atoms with Gasteiger partial charge in [0, 0.05) is 17.7 Å². The number of hydrogen-bond acceptors (Lipinski definition) is 8. The molecule has 0 saturated carbocycles. The highest BCUT2D eigenvalue weighted by atomic mass is 19.4. The third-order valence-corrected chi connectivity index (χ3v) is 4.88. The zero-order valence-corrected chi connectivity index (χ0v) is 19.0. The summed E-state index contributed by atoms with van der Waals surface area (Å²) in [5.41, 5.74) is 2.39. The Labute approximate surface area is 203 Å². The maximum atomic E-state index is 12.6. The van der Waals surface area contributed by atoms with E-state index in [1.54, 1.807) is 12.1 Å². The second-order valence-corrected chi connectivity index (χ2v) is 7.41. The number of rotatable bonds is 10. The van der Waals surface area contributed by atoms with Gasteiger partial charge in [-0.2, -0.15) is 18.2 Å². The van der Waals surface area contributed by atoms with Crippen molar-refractivity contribution in [3.8, 4) is 34.3 Å². The normalized spacial score (nSPS) is 11.3. The zero-order valence-electron chi connectivity index (χ0n) is 19.0. The molecule has 2 aromatic heterocycles. The molecule has 188 valence electrons. The molecule has 0 spiro atoms. The van der Waals surface area contributed by atoms with Gasteiger partial charge in [-0.25, -0.2) is 0 Å². The van der Waals surface area contributed by atoms with Crippen molar-refractivity contribution < 1.29 is 36.5 Å². The third kappa shape index (κ3) is 6.01. The van der Waals surface area contributed by atoms with Crippen LogP contribution in [0.2, 0.25) is 0 Å². The number of hydrogen-bond donors (Lipinski definition) is 1. The van der Waals surface area contributed by atoms with Crippen LogP contribution in [-0.2, 0) is 6.18 Å². The molecule has 0 fully saturated rings. The van der Waals surface area contributed by atoms with Gasteiger partial charge in [0.2, 0.25) is 11.6 Å². The quantitative estimate of drug-likeness (QED) is 0.301. The van der Waals surface area contributed by atoms with Crippen molar-refractivity contribution in [2.24, 2.45) is 0 Å². The molecule has 2 aromatic carbocycles. The van der Waals surface area contributed by atoms with Crippen LogP contribution in [0.1, 0.15) is 29.6 Å². The van der Waals surface area contributed by atoms with Crippen molar-refractivity contribution in [1.29, 1.82) is 0 Å². The number of ether oxygens (including phenoxy) is 2. The van der Waals surface area contributed by atoms with E-state index in [0.717, 1.165) is 16.9 Å². The molecule has 4 aromatic rings. The highest BCUT2D eigenvalue weighted by molar-refractivity contribution is 5.94. The second-order valence-electron chi connectivity index (χ2n) is 7.41. The van der Waals surface area contributed by atoms with Crippen LogP contribution in [0, 0.1) is 0 Å². The molecule has 2 heterocycles. The lowest BCUT2D eigenvalue weighted by molar-refractivity contribution is -0.159. The van der Waals surface area contributed by atoms with Crippen LogP contribution in [0.5, 0.6) is 11.6 Å². The molecule has 0 radical (unpaired) electrons. The molecule has 0 atom stereocenters. The topological polar surface area (TPSA) is 113 Å². The molecule has 36 heavy (non-hydrogen) atoms. The van der Waals surface area contributed by atoms with Crippen LogP contribution in [0.3, 0.4) is 0 Å². The second kappa shape index (κ2) is 10.9. The monoisotopic (exact) mass is 502 g/mol. The van der Waals surface area contributed by atoms with E-state index in [0.29, 0.717) is 25.1 Å². The standard InChI is InChI=1S/C24H21F3N4O5/c1-2-33-18-7-4-3-6-17(18)15-8-10-16(11-9-15)22(32)28-12-5-13-34-20-14-19(35-30-20)21-29-23(36-31-21)24(25,26)27/h3-4,6-11,14H,2,5,12-13H2,1H3,(H,28,32). The van der Waals surface area contributed by atoms with Gasteiger partial charge in [0.15, 0.2) is 0 Å². The number of nitrogens with one attached hydrogen (secondary N) is 1. The Kier molecular flexibility index (Phi) is 7.52. The minimum atomic E-state index is -4.76. The third-order valence-electron chi connectivity index (χ3n) is 4.88. The van der Waals surface area contributed by atoms with E-state index < -0.39 is 17.9 Å². The van der Waals surface area contributed by atoms with Crippen LogP contribution >= 0.6 is 0 Å². The summed E-state index contributed by atoms with van der Waals surface area (Å²) in [5.74, 6) is -1.44. The van der Waals surface area contributed by atoms with Crippen molar-refractivity contribution in [3.63, 3.8) is 0 Å². The molecule has 12 heteroatoms. The summed E-state index contributed by atoms with van der Waals surface area (Å²) in [4.78, 5) is 15.6. The van der Waals surface area contributed by atoms with Gasteiger partial charge in [-0.1, -0.05) is 35.5 Å². The summed E-state index contributed by atoms with van der Waals surface area (Å²) >= 11 is 0. The lowest BCUT2D eigenvalue weighted by atomic mass is 10.0. The van der Waals surface area contributed by atoms with Gasteiger partial charge in [0.05, 0.1) is 19.3 Å². The Morgan fingerprint density at radius 1 is 1.03 bits per heavy atom. The van der Waals surface area contributed by atoms with Crippen LogP contribution < -0.4 is 14.8 Å². The molecule has 0 unspecified atom stereocenters. The van der Waals surface area contributed by atoms with E-state index in [1.165, 1.54) is 6.07 Å². The van der Waals surface area contributed by atoms with Crippen LogP contribution in [-0.4, -0.2) is 41.0 Å². The average molecular weight is 502 g/mol. The molecule has 0 aliphatic heterocycles. The highest BCUT2D eigenvalue weighted by Gasteiger charge is 2.39. The number of alkyl halides is 3. The van der Waals surface area contributed by atoms with Gasteiger partial charge >= 0.3 is 12.1 Å². The van der Waals surface area contributed by atoms with Gasteiger partial charge in [-0.05, 0) is 42.3 Å². The summed E-state index contributed by atoms with van der Waals surface area (Å²) in [6.07, 6.45) is -4.31. The number of carbonyl (C=O) groups excluding carboxylic acids is 1. The number of aromatic nitrogens is 3. The Bertz CT molecular complexity index is 1300. The minimum Gasteiger partial charge on any atom is -0.493 e. The lowest BCUT2D eigenvalue weighted by Gasteiger charge is -2.11. The van der Waals surface area contributed by atoms with E-state index >= 15 is 0 Å². The first-order chi connectivity index (χ1) is 17.3. The lowest BCUT2D eigenvalue weighted by Crippen LogP contribution is -2.25. The predicted molar refractivity (Wildman–Crippen MR) is 120 cm³/mol. The summed E-state index contributed by atoms with van der Waals surface area (Å²) in [6, 6.07) is 16.1. The van der Waals surface area contributed by atoms with E-state index in [-0.39, 0.29) is 24.2 Å². The number of nitrogens with zero attached hydrogens (tertiary/aromatic N) is 3. The molecule has 1 N–H and O–H groups in total. The highest BCUT2D eigenvalue weighted by Crippen LogP contribution is 2.31. The molecule has 0 saturated heterocycles. The van der Waals surface area contributed by atoms with Crippen molar-refractivity contribution >= 4 is 5.91 Å². The van der Waals surface area contributed by atoms with E-state index in [1.807, 2.05) is 43.3 Å². The summed E-state index contributed by atoms with van der Waals surface area (Å²) < 4.78 is 57.7. The largest absolute Gasteiger partial charge is 0.493 e. The predicted octanol–water partition coefficient (Wildman–Crippen LogP) is 5.01. The Morgan fingerprint density at radius 3 is 2.53 bits per heavy atom. The maximum absolute atomic E-state index is 12.6. The molecule has 4 rings (SSSR count). The van der Waals surface area contributed by atoms with E-state index in [4.69, 9.17) is 14.0 Å². The van der Waals surface area contributed by atoms with E-state index in [9.17, 15) is 18.0 Å². The average Bonchev–Trinajstić information content (AvgIpc) is 3.54. The summed E-state index contributed by atoms with van der Waals surface area (Å²) in [6.45, 7) is 2.99. The number of carbonyl (C=O) groups is 1. The Hall–Kier alpha value is -4.35. The molecule has 1 amide bonds. The van der Waals surface area contributed by atoms with Gasteiger partial charge < -0.3 is 23.8 Å². The number of benzene rings is 2. The first-order valence-corrected chi connectivity index (χ1v) is 11.0. The minimum absolute atomic E-state index is 0.0395. The van der Waals surface area contributed by atoms with E-state index in [2.05, 4.69) is 25.1 Å². The number of para-hydroxylation sites is 1. The van der Waals surface area contributed by atoms with Crippen LogP contribution in [0.25, 0.3) is 22.7 Å². The van der Waals surface area contributed by atoms with Gasteiger partial charge in [-0.15, -0.1) is 0 Å². The molecular weight excluding hydrogens is 481 g/mol. The van der Waals surface area contributed by atoms with Crippen molar-refractivity contribution in [3.05, 3.63) is 66.1 Å². The molecule has 0 aliphatic carbocycles. The van der Waals surface area contributed by atoms with Crippen molar-refractivity contribution in [2.45, 2.75) is 19.5 Å². The first-order valence-electron chi connectivity index (χ1n) is 11.0. The molecule has 0 bridgehead atoms. The maximum Gasteiger partial charge on any atom is 0.471 e. The van der Waals surface area contributed by atoms with Gasteiger partial charge in [0.1, 0.15) is 5.75 Å². The fourth-order valence-electron chi connectivity index (χ4n) is 3.21. The Balaban J connectivity index is 1.23. The number of halogens is 3. The van der Waals surface area contributed by atoms with Crippen LogP contribution in [0.4, 0.5) is 13.2 Å². The zero-order chi connectivity index (χ0) is 25.5. The fourth-order valence-corrected chi connectivity index (χ4v) is 3.21. The molecular formula is C24H21F3N4O5. The van der Waals surface area contributed by atoms with Gasteiger partial charge in [0.25, 0.3) is 11.8 Å². The first kappa shape index (κ1) is 24.8. The molecule has 9 nitrogen and oxygen atoms in total. The number of amides is 1. The van der Waals surface area contributed by atoms with Gasteiger partial charge in [-0.3, -0.25) is 4.79 Å². The SMILES string of the molecule is CCOc1ccccc1-c1ccc(C(=O)NCCCOc2cc(-c3noc(C(F)(F)F)n3)on2)cc1. The summed E-state index contributed by atoms with van der Waals surface area (Å²) in [5, 5.41) is 9.61. The molecule has 0 aliphatic rings. The van der Waals surface area contributed by atoms with Crippen molar-refractivity contribution in [2.75, 3.05) is 19.8 Å².